The number of benzene rings is 1. The van der Waals surface area contributed by atoms with Gasteiger partial charge in [-0.2, -0.15) is 0 Å². The Bertz CT molecular complexity index is 430. The van der Waals surface area contributed by atoms with E-state index in [-0.39, 0.29) is 0 Å². The molecule has 0 radical (unpaired) electrons. The maximum atomic E-state index is 3.75. The van der Waals surface area contributed by atoms with E-state index in [1.165, 1.54) is 68.7 Å². The zero-order valence-corrected chi connectivity index (χ0v) is 12.6. The Morgan fingerprint density at radius 1 is 1.10 bits per heavy atom. The molecule has 0 aromatic heterocycles. The molecule has 0 amide bonds. The standard InChI is InChI=1S/C17H27N3/c1-14-13-16(20-11-2-3-12-20)6-7-17(14)19-15-5-4-9-18-10-8-15/h6-7,13,15,18-19H,2-5,8-12H2,1H3. The van der Waals surface area contributed by atoms with Gasteiger partial charge < -0.3 is 15.5 Å². The Morgan fingerprint density at radius 3 is 2.75 bits per heavy atom. The smallest absolute Gasteiger partial charge is 0.0373 e. The van der Waals surface area contributed by atoms with Crippen molar-refractivity contribution >= 4 is 11.4 Å². The van der Waals surface area contributed by atoms with Gasteiger partial charge in [-0.15, -0.1) is 0 Å². The van der Waals surface area contributed by atoms with Crippen LogP contribution in [0.25, 0.3) is 0 Å². The van der Waals surface area contributed by atoms with Crippen LogP contribution < -0.4 is 15.5 Å². The van der Waals surface area contributed by atoms with Crippen molar-refractivity contribution in [3.8, 4) is 0 Å². The predicted molar refractivity (Wildman–Crippen MR) is 86.8 cm³/mol. The molecule has 1 unspecified atom stereocenters. The molecule has 110 valence electrons. The van der Waals surface area contributed by atoms with Crippen LogP contribution in [0.5, 0.6) is 0 Å². The lowest BCUT2D eigenvalue weighted by Gasteiger charge is -2.22. The van der Waals surface area contributed by atoms with Crippen LogP contribution in [0.15, 0.2) is 18.2 Å². The highest BCUT2D eigenvalue weighted by Gasteiger charge is 2.15. The number of aryl methyl sites for hydroxylation is 1. The average molecular weight is 273 g/mol. The first-order chi connectivity index (χ1) is 9.83. The molecule has 0 spiro atoms. The van der Waals surface area contributed by atoms with Crippen LogP contribution in [0.3, 0.4) is 0 Å². The summed E-state index contributed by atoms with van der Waals surface area (Å²) in [4.78, 5) is 2.51. The molecule has 0 saturated carbocycles. The molecule has 0 bridgehead atoms. The van der Waals surface area contributed by atoms with Crippen LogP contribution in [0, 0.1) is 6.92 Å². The van der Waals surface area contributed by atoms with Crippen LogP contribution in [0.1, 0.15) is 37.7 Å². The summed E-state index contributed by atoms with van der Waals surface area (Å²) < 4.78 is 0. The maximum Gasteiger partial charge on any atom is 0.0373 e. The Balaban J connectivity index is 1.67. The van der Waals surface area contributed by atoms with E-state index in [0.717, 1.165) is 6.54 Å². The lowest BCUT2D eigenvalue weighted by atomic mass is 10.1. The molecule has 3 rings (SSSR count). The van der Waals surface area contributed by atoms with Crippen molar-refractivity contribution < 1.29 is 0 Å². The van der Waals surface area contributed by atoms with Gasteiger partial charge >= 0.3 is 0 Å². The molecule has 2 saturated heterocycles. The van der Waals surface area contributed by atoms with E-state index in [1.54, 1.807) is 0 Å². The Morgan fingerprint density at radius 2 is 1.95 bits per heavy atom. The van der Waals surface area contributed by atoms with Crippen molar-refractivity contribution in [2.75, 3.05) is 36.4 Å². The minimum atomic E-state index is 0.626. The highest BCUT2D eigenvalue weighted by atomic mass is 15.1. The van der Waals surface area contributed by atoms with Crippen molar-refractivity contribution in [2.45, 2.75) is 45.1 Å². The molecule has 3 nitrogen and oxygen atoms in total. The van der Waals surface area contributed by atoms with Gasteiger partial charge in [-0.3, -0.25) is 0 Å². The zero-order chi connectivity index (χ0) is 13.8. The minimum Gasteiger partial charge on any atom is -0.382 e. The molecule has 2 aliphatic rings. The summed E-state index contributed by atoms with van der Waals surface area (Å²) in [5, 5.41) is 7.23. The van der Waals surface area contributed by atoms with E-state index in [2.05, 4.69) is 40.7 Å². The summed E-state index contributed by atoms with van der Waals surface area (Å²) in [6.45, 7) is 6.99. The fourth-order valence-electron chi connectivity index (χ4n) is 3.37. The van der Waals surface area contributed by atoms with Crippen LogP contribution in [-0.4, -0.2) is 32.2 Å². The van der Waals surface area contributed by atoms with Crippen molar-refractivity contribution in [1.82, 2.24) is 5.32 Å². The maximum absolute atomic E-state index is 3.75. The second-order valence-corrected chi connectivity index (χ2v) is 6.22. The van der Waals surface area contributed by atoms with Crippen molar-refractivity contribution in [2.24, 2.45) is 0 Å². The highest BCUT2D eigenvalue weighted by molar-refractivity contribution is 5.60. The third-order valence-electron chi connectivity index (χ3n) is 4.62. The fraction of sp³-hybridized carbons (Fsp3) is 0.647. The monoisotopic (exact) mass is 273 g/mol. The van der Waals surface area contributed by atoms with E-state index in [9.17, 15) is 0 Å². The van der Waals surface area contributed by atoms with Gasteiger partial charge in [0.15, 0.2) is 0 Å². The SMILES string of the molecule is Cc1cc(N2CCCC2)ccc1NC1CCCNCC1. The lowest BCUT2D eigenvalue weighted by Crippen LogP contribution is -2.22. The Kier molecular flexibility index (Phi) is 4.46. The molecule has 1 aromatic carbocycles. The van der Waals surface area contributed by atoms with Crippen LogP contribution in [0.4, 0.5) is 11.4 Å². The van der Waals surface area contributed by atoms with Crippen LogP contribution >= 0.6 is 0 Å². The van der Waals surface area contributed by atoms with Crippen molar-refractivity contribution in [3.05, 3.63) is 23.8 Å². The number of rotatable bonds is 3. The molecule has 2 heterocycles. The number of hydrogen-bond acceptors (Lipinski definition) is 3. The van der Waals surface area contributed by atoms with E-state index >= 15 is 0 Å². The second-order valence-electron chi connectivity index (χ2n) is 6.22. The van der Waals surface area contributed by atoms with Gasteiger partial charge in [0, 0.05) is 30.5 Å². The van der Waals surface area contributed by atoms with E-state index in [4.69, 9.17) is 0 Å². The quantitative estimate of drug-likeness (QED) is 0.886. The summed E-state index contributed by atoms with van der Waals surface area (Å²) in [5.74, 6) is 0. The normalized spacial score (nSPS) is 23.6. The van der Waals surface area contributed by atoms with Crippen molar-refractivity contribution in [3.63, 3.8) is 0 Å². The molecular weight excluding hydrogens is 246 g/mol. The Labute approximate surface area is 122 Å². The van der Waals surface area contributed by atoms with E-state index in [0.29, 0.717) is 6.04 Å². The van der Waals surface area contributed by atoms with Gasteiger partial charge in [-0.25, -0.2) is 0 Å². The summed E-state index contributed by atoms with van der Waals surface area (Å²) >= 11 is 0. The molecule has 1 atom stereocenters. The average Bonchev–Trinajstić information content (AvgIpc) is 2.87. The zero-order valence-electron chi connectivity index (χ0n) is 12.6. The van der Waals surface area contributed by atoms with Crippen LogP contribution in [0.2, 0.25) is 0 Å². The third-order valence-corrected chi connectivity index (χ3v) is 4.62. The summed E-state index contributed by atoms with van der Waals surface area (Å²) in [5.41, 5.74) is 4.10. The largest absolute Gasteiger partial charge is 0.382 e. The van der Waals surface area contributed by atoms with Crippen molar-refractivity contribution in [1.29, 1.82) is 0 Å². The van der Waals surface area contributed by atoms with E-state index in [1.807, 2.05) is 0 Å². The minimum absolute atomic E-state index is 0.626. The number of nitrogens with one attached hydrogen (secondary N) is 2. The third kappa shape index (κ3) is 3.26. The molecule has 2 N–H and O–H groups in total. The van der Waals surface area contributed by atoms with Gasteiger partial charge in [0.1, 0.15) is 0 Å². The topological polar surface area (TPSA) is 27.3 Å². The first-order valence-corrected chi connectivity index (χ1v) is 8.16. The first-order valence-electron chi connectivity index (χ1n) is 8.16. The highest BCUT2D eigenvalue weighted by Crippen LogP contribution is 2.26. The fourth-order valence-corrected chi connectivity index (χ4v) is 3.37. The van der Waals surface area contributed by atoms with E-state index < -0.39 is 0 Å². The summed E-state index contributed by atoms with van der Waals surface area (Å²) in [7, 11) is 0. The molecule has 20 heavy (non-hydrogen) atoms. The molecule has 2 fully saturated rings. The molecule has 2 aliphatic heterocycles. The molecule has 1 aromatic rings. The van der Waals surface area contributed by atoms with Gasteiger partial charge in [0.05, 0.1) is 0 Å². The second kappa shape index (κ2) is 6.49. The molecule has 0 aliphatic carbocycles. The van der Waals surface area contributed by atoms with Gasteiger partial charge in [-0.1, -0.05) is 0 Å². The number of anilines is 2. The Hall–Kier alpha value is -1.22. The number of nitrogens with zero attached hydrogens (tertiary/aromatic N) is 1. The van der Waals surface area contributed by atoms with Gasteiger partial charge in [0.2, 0.25) is 0 Å². The predicted octanol–water partition coefficient (Wildman–Crippen LogP) is 3.15. The number of hydrogen-bond donors (Lipinski definition) is 2. The molecular formula is C17H27N3. The van der Waals surface area contributed by atoms with Crippen LogP contribution in [-0.2, 0) is 0 Å². The first kappa shape index (κ1) is 13.7. The van der Waals surface area contributed by atoms with Gasteiger partial charge in [-0.05, 0) is 75.9 Å². The summed E-state index contributed by atoms with van der Waals surface area (Å²) in [6, 6.07) is 7.54. The summed E-state index contributed by atoms with van der Waals surface area (Å²) in [6.07, 6.45) is 6.47. The van der Waals surface area contributed by atoms with Gasteiger partial charge in [0.25, 0.3) is 0 Å². The lowest BCUT2D eigenvalue weighted by molar-refractivity contribution is 0.637. The molecule has 3 heteroatoms.